The third-order valence-electron chi connectivity index (χ3n) is 3.99. The molecule has 146 valence electrons. The number of carbonyl (C=O) groups is 1. The molecule has 0 aliphatic rings. The maximum atomic E-state index is 12.1. The highest BCUT2D eigenvalue weighted by atomic mass is 16.5. The molecule has 0 radical (unpaired) electrons. The van der Waals surface area contributed by atoms with Gasteiger partial charge in [-0.25, -0.2) is 0 Å². The van der Waals surface area contributed by atoms with Gasteiger partial charge in [0.1, 0.15) is 0 Å². The fraction of sp³-hybridized carbons (Fsp3) is 0.350. The highest BCUT2D eigenvalue weighted by Crippen LogP contribution is 2.29. The summed E-state index contributed by atoms with van der Waals surface area (Å²) in [6.07, 6.45) is 0.768. The zero-order valence-electron chi connectivity index (χ0n) is 16.1. The van der Waals surface area contributed by atoms with E-state index in [2.05, 4.69) is 10.6 Å². The van der Waals surface area contributed by atoms with E-state index in [1.54, 1.807) is 46.6 Å². The lowest BCUT2D eigenvalue weighted by molar-refractivity contribution is -0.115. The van der Waals surface area contributed by atoms with Crippen LogP contribution in [0.4, 0.5) is 5.69 Å². The van der Waals surface area contributed by atoms with Gasteiger partial charge in [-0.1, -0.05) is 6.07 Å². The van der Waals surface area contributed by atoms with E-state index in [4.69, 9.17) is 18.9 Å². The van der Waals surface area contributed by atoms with E-state index in [0.29, 0.717) is 35.2 Å². The Kier molecular flexibility index (Phi) is 7.76. The highest BCUT2D eigenvalue weighted by Gasteiger charge is 2.08. The summed E-state index contributed by atoms with van der Waals surface area (Å²) >= 11 is 0. The van der Waals surface area contributed by atoms with Crippen molar-refractivity contribution in [3.8, 4) is 23.0 Å². The standard InChI is InChI=1S/C20H26N2O5/c1-24-16-7-5-14(11-18(16)26-3)9-10-21-13-20(23)22-15-6-8-17(25-2)19(12-15)27-4/h5-8,11-12,21H,9-10,13H2,1-4H3,(H,22,23). The Morgan fingerprint density at radius 1 is 0.815 bits per heavy atom. The van der Waals surface area contributed by atoms with Crippen LogP contribution < -0.4 is 29.6 Å². The molecule has 0 heterocycles. The van der Waals surface area contributed by atoms with Crippen LogP contribution in [-0.2, 0) is 11.2 Å². The normalized spacial score (nSPS) is 10.2. The first-order valence-corrected chi connectivity index (χ1v) is 8.54. The minimum atomic E-state index is -0.130. The molecule has 0 unspecified atom stereocenters. The fourth-order valence-corrected chi connectivity index (χ4v) is 2.59. The van der Waals surface area contributed by atoms with Gasteiger partial charge in [0.15, 0.2) is 23.0 Å². The van der Waals surface area contributed by atoms with Crippen molar-refractivity contribution in [2.75, 3.05) is 46.8 Å². The average Bonchev–Trinajstić information content (AvgIpc) is 2.70. The lowest BCUT2D eigenvalue weighted by atomic mass is 10.1. The molecule has 2 N–H and O–H groups in total. The Labute approximate surface area is 159 Å². The molecule has 0 saturated carbocycles. The number of anilines is 1. The Morgan fingerprint density at radius 3 is 2.04 bits per heavy atom. The molecule has 1 amide bonds. The molecule has 0 saturated heterocycles. The fourth-order valence-electron chi connectivity index (χ4n) is 2.59. The molecule has 0 aromatic heterocycles. The number of methoxy groups -OCH3 is 4. The van der Waals surface area contributed by atoms with E-state index in [-0.39, 0.29) is 12.5 Å². The number of carbonyl (C=O) groups excluding carboxylic acids is 1. The average molecular weight is 374 g/mol. The summed E-state index contributed by atoms with van der Waals surface area (Å²) in [5, 5.41) is 5.96. The van der Waals surface area contributed by atoms with Crippen LogP contribution in [0.1, 0.15) is 5.56 Å². The van der Waals surface area contributed by atoms with Crippen molar-refractivity contribution < 1.29 is 23.7 Å². The van der Waals surface area contributed by atoms with Gasteiger partial charge in [0, 0.05) is 11.8 Å². The van der Waals surface area contributed by atoms with Crippen molar-refractivity contribution in [3.63, 3.8) is 0 Å². The predicted octanol–water partition coefficient (Wildman–Crippen LogP) is 2.49. The van der Waals surface area contributed by atoms with Crippen molar-refractivity contribution in [3.05, 3.63) is 42.0 Å². The van der Waals surface area contributed by atoms with E-state index in [0.717, 1.165) is 12.0 Å². The van der Waals surface area contributed by atoms with E-state index in [1.165, 1.54) is 0 Å². The number of amides is 1. The van der Waals surface area contributed by atoms with Crippen molar-refractivity contribution in [1.29, 1.82) is 0 Å². The van der Waals surface area contributed by atoms with E-state index >= 15 is 0 Å². The van der Waals surface area contributed by atoms with Gasteiger partial charge in [0.2, 0.25) is 5.91 Å². The van der Waals surface area contributed by atoms with Gasteiger partial charge in [-0.2, -0.15) is 0 Å². The highest BCUT2D eigenvalue weighted by molar-refractivity contribution is 5.92. The number of rotatable bonds is 10. The van der Waals surface area contributed by atoms with Gasteiger partial charge in [0.05, 0.1) is 35.0 Å². The van der Waals surface area contributed by atoms with E-state index in [1.807, 2.05) is 18.2 Å². The lowest BCUT2D eigenvalue weighted by Crippen LogP contribution is -2.29. The second-order valence-electron chi connectivity index (χ2n) is 5.73. The maximum absolute atomic E-state index is 12.1. The topological polar surface area (TPSA) is 78.1 Å². The Morgan fingerprint density at radius 2 is 1.41 bits per heavy atom. The monoisotopic (exact) mass is 374 g/mol. The first-order valence-electron chi connectivity index (χ1n) is 8.54. The van der Waals surface area contributed by atoms with Crippen LogP contribution in [0.3, 0.4) is 0 Å². The first kappa shape index (κ1) is 20.4. The molecule has 0 fully saturated rings. The number of hydrogen-bond acceptors (Lipinski definition) is 6. The van der Waals surface area contributed by atoms with Crippen LogP contribution in [0.5, 0.6) is 23.0 Å². The molecule has 0 atom stereocenters. The molecule has 2 aromatic rings. The summed E-state index contributed by atoms with van der Waals surface area (Å²) in [5.41, 5.74) is 1.75. The lowest BCUT2D eigenvalue weighted by Gasteiger charge is -2.11. The second-order valence-corrected chi connectivity index (χ2v) is 5.73. The van der Waals surface area contributed by atoms with E-state index in [9.17, 15) is 4.79 Å². The van der Waals surface area contributed by atoms with Crippen molar-refractivity contribution >= 4 is 11.6 Å². The van der Waals surface area contributed by atoms with Gasteiger partial charge in [-0.3, -0.25) is 4.79 Å². The van der Waals surface area contributed by atoms with Crippen LogP contribution in [0.25, 0.3) is 0 Å². The maximum Gasteiger partial charge on any atom is 0.238 e. The van der Waals surface area contributed by atoms with Gasteiger partial charge in [0.25, 0.3) is 0 Å². The van der Waals surface area contributed by atoms with Gasteiger partial charge >= 0.3 is 0 Å². The van der Waals surface area contributed by atoms with E-state index < -0.39 is 0 Å². The third-order valence-corrected chi connectivity index (χ3v) is 3.99. The summed E-state index contributed by atoms with van der Waals surface area (Å²) < 4.78 is 20.9. The molecule has 2 aromatic carbocycles. The zero-order valence-corrected chi connectivity index (χ0v) is 16.1. The Bertz CT molecular complexity index is 764. The molecule has 27 heavy (non-hydrogen) atoms. The van der Waals surface area contributed by atoms with Gasteiger partial charge < -0.3 is 29.6 Å². The second kappa shape index (κ2) is 10.3. The summed E-state index contributed by atoms with van der Waals surface area (Å²) in [6.45, 7) is 0.871. The Balaban J connectivity index is 1.79. The van der Waals surface area contributed by atoms with Crippen LogP contribution in [0.2, 0.25) is 0 Å². The molecule has 0 bridgehead atoms. The molecule has 0 spiro atoms. The van der Waals surface area contributed by atoms with Gasteiger partial charge in [-0.05, 0) is 42.8 Å². The quantitative estimate of drug-likeness (QED) is 0.622. The zero-order chi connectivity index (χ0) is 19.6. The summed E-state index contributed by atoms with van der Waals surface area (Å²) in [7, 11) is 6.34. The van der Waals surface area contributed by atoms with Crippen LogP contribution in [0, 0.1) is 0 Å². The molecular formula is C20H26N2O5. The summed E-state index contributed by atoms with van der Waals surface area (Å²) in [4.78, 5) is 12.1. The van der Waals surface area contributed by atoms with Crippen LogP contribution in [0.15, 0.2) is 36.4 Å². The molecule has 7 nitrogen and oxygen atoms in total. The van der Waals surface area contributed by atoms with Crippen molar-refractivity contribution in [1.82, 2.24) is 5.32 Å². The van der Waals surface area contributed by atoms with Crippen LogP contribution >= 0.6 is 0 Å². The number of benzene rings is 2. The number of nitrogens with one attached hydrogen (secondary N) is 2. The first-order chi connectivity index (χ1) is 13.1. The molecule has 2 rings (SSSR count). The molecule has 7 heteroatoms. The minimum Gasteiger partial charge on any atom is -0.493 e. The summed E-state index contributed by atoms with van der Waals surface area (Å²) in [6, 6.07) is 11.0. The minimum absolute atomic E-state index is 0.130. The van der Waals surface area contributed by atoms with Crippen molar-refractivity contribution in [2.24, 2.45) is 0 Å². The van der Waals surface area contributed by atoms with Crippen LogP contribution in [-0.4, -0.2) is 47.4 Å². The molecular weight excluding hydrogens is 348 g/mol. The SMILES string of the molecule is COc1ccc(CCNCC(=O)Nc2ccc(OC)c(OC)c2)cc1OC. The van der Waals surface area contributed by atoms with Crippen molar-refractivity contribution in [2.45, 2.75) is 6.42 Å². The smallest absolute Gasteiger partial charge is 0.238 e. The Hall–Kier alpha value is -2.93. The molecule has 0 aliphatic carbocycles. The van der Waals surface area contributed by atoms with Gasteiger partial charge in [-0.15, -0.1) is 0 Å². The summed E-state index contributed by atoms with van der Waals surface area (Å²) in [5.74, 6) is 2.44. The predicted molar refractivity (Wildman–Crippen MR) is 104 cm³/mol. The number of ether oxygens (including phenoxy) is 4. The third kappa shape index (κ3) is 5.79. The number of hydrogen-bond donors (Lipinski definition) is 2. The largest absolute Gasteiger partial charge is 0.493 e. The molecule has 0 aliphatic heterocycles.